The Bertz CT molecular complexity index is 1380. The molecule has 0 bridgehead atoms. The summed E-state index contributed by atoms with van der Waals surface area (Å²) in [6.45, 7) is 2.18. The van der Waals surface area contributed by atoms with Gasteiger partial charge in [0.15, 0.2) is 0 Å². The van der Waals surface area contributed by atoms with Crippen molar-refractivity contribution in [2.24, 2.45) is 0 Å². The lowest BCUT2D eigenvalue weighted by molar-refractivity contribution is -0.384. The molecule has 2 aromatic rings. The van der Waals surface area contributed by atoms with E-state index in [4.69, 9.17) is 4.74 Å². The molecule has 0 spiro atoms. The van der Waals surface area contributed by atoms with Gasteiger partial charge in [-0.15, -0.1) is 11.3 Å². The highest BCUT2D eigenvalue weighted by Gasteiger charge is 2.41. The van der Waals surface area contributed by atoms with Gasteiger partial charge in [-0.05, 0) is 55.5 Å². The van der Waals surface area contributed by atoms with E-state index in [0.29, 0.717) is 25.8 Å². The molecule has 12 nitrogen and oxygen atoms in total. The van der Waals surface area contributed by atoms with E-state index in [0.717, 1.165) is 10.4 Å². The van der Waals surface area contributed by atoms with Crippen LogP contribution >= 0.6 is 11.3 Å². The molecule has 2 aliphatic heterocycles. The number of amides is 3. The number of carbonyl (C=O) groups is 4. The first-order valence-corrected chi connectivity index (χ1v) is 15.5. The van der Waals surface area contributed by atoms with E-state index in [1.807, 2.05) is 41.9 Å². The minimum absolute atomic E-state index is 0.0272. The quantitative estimate of drug-likeness (QED) is 0.181. The number of rotatable bonds is 15. The molecule has 1 saturated heterocycles. The maximum absolute atomic E-state index is 13.8. The number of nitro benzene ring substituents is 1. The largest absolute Gasteiger partial charge is 0.465 e. The minimum atomic E-state index is -1.01. The molecule has 2 atom stereocenters. The number of nitrogens with one attached hydrogen (secondary N) is 1. The van der Waals surface area contributed by atoms with E-state index in [2.05, 4.69) is 5.32 Å². The predicted molar refractivity (Wildman–Crippen MR) is 165 cm³/mol. The lowest BCUT2D eigenvalue weighted by Gasteiger charge is -2.41. The zero-order chi connectivity index (χ0) is 31.5. The fourth-order valence-electron chi connectivity index (χ4n) is 5.16. The first-order chi connectivity index (χ1) is 21.2. The molecule has 0 aliphatic carbocycles. The summed E-state index contributed by atoms with van der Waals surface area (Å²) in [6, 6.07) is 8.87. The maximum atomic E-state index is 13.8. The summed E-state index contributed by atoms with van der Waals surface area (Å²) in [5, 5.41) is 16.2. The molecule has 4 rings (SSSR count). The monoisotopic (exact) mass is 623 g/mol. The van der Waals surface area contributed by atoms with Crippen LogP contribution in [-0.2, 0) is 36.8 Å². The highest BCUT2D eigenvalue weighted by molar-refractivity contribution is 7.09. The number of esters is 1. The second-order valence-corrected chi connectivity index (χ2v) is 11.5. The summed E-state index contributed by atoms with van der Waals surface area (Å²) in [7, 11) is 0. The van der Waals surface area contributed by atoms with E-state index >= 15 is 0 Å². The van der Waals surface area contributed by atoms with Gasteiger partial charge in [-0.25, -0.2) is 0 Å². The Kier molecular flexibility index (Phi) is 11.6. The van der Waals surface area contributed by atoms with Gasteiger partial charge in [-0.1, -0.05) is 30.4 Å². The van der Waals surface area contributed by atoms with Crippen LogP contribution in [0.5, 0.6) is 0 Å². The van der Waals surface area contributed by atoms with E-state index in [9.17, 15) is 29.3 Å². The van der Waals surface area contributed by atoms with Gasteiger partial charge in [0.25, 0.3) is 5.69 Å². The summed E-state index contributed by atoms with van der Waals surface area (Å²) in [5.41, 5.74) is 0.692. The summed E-state index contributed by atoms with van der Waals surface area (Å²) >= 11 is 1.56. The number of piperazine rings is 1. The van der Waals surface area contributed by atoms with Crippen molar-refractivity contribution in [1.82, 2.24) is 20.0 Å². The Labute approximate surface area is 260 Å². The van der Waals surface area contributed by atoms with Crippen molar-refractivity contribution < 1.29 is 28.8 Å². The van der Waals surface area contributed by atoms with Crippen molar-refractivity contribution in [2.75, 3.05) is 39.3 Å². The molecule has 1 N–H and O–H groups in total. The molecular weight excluding hydrogens is 586 g/mol. The molecule has 2 aliphatic rings. The number of non-ortho nitro benzene ring substituents is 1. The van der Waals surface area contributed by atoms with Crippen LogP contribution in [0.2, 0.25) is 0 Å². The highest BCUT2D eigenvalue weighted by atomic mass is 32.1. The molecule has 1 fully saturated rings. The Balaban J connectivity index is 1.50. The van der Waals surface area contributed by atoms with Crippen molar-refractivity contribution in [3.8, 4) is 0 Å². The van der Waals surface area contributed by atoms with Gasteiger partial charge in [-0.3, -0.25) is 29.3 Å². The summed E-state index contributed by atoms with van der Waals surface area (Å²) in [6.07, 6.45) is 8.81. The van der Waals surface area contributed by atoms with Crippen LogP contribution in [0.3, 0.4) is 0 Å². The van der Waals surface area contributed by atoms with Crippen molar-refractivity contribution in [3.63, 3.8) is 0 Å². The third-order valence-electron chi connectivity index (χ3n) is 7.53. The number of dihydropyridines is 1. The van der Waals surface area contributed by atoms with Gasteiger partial charge in [0, 0.05) is 42.7 Å². The van der Waals surface area contributed by atoms with Gasteiger partial charge in [0.05, 0.1) is 24.5 Å². The maximum Gasteiger partial charge on any atom is 0.325 e. The first-order valence-electron chi connectivity index (χ1n) is 14.6. The Morgan fingerprint density at radius 3 is 2.59 bits per heavy atom. The van der Waals surface area contributed by atoms with E-state index in [1.54, 1.807) is 30.4 Å². The number of ether oxygens (including phenoxy) is 1. The van der Waals surface area contributed by atoms with Gasteiger partial charge in [0.1, 0.15) is 12.6 Å². The molecule has 3 amide bonds. The molecule has 3 heterocycles. The number of hydrogen-bond acceptors (Lipinski definition) is 9. The van der Waals surface area contributed by atoms with Crippen molar-refractivity contribution in [3.05, 3.63) is 86.8 Å². The number of carbonyl (C=O) groups excluding carboxylic acids is 4. The molecule has 0 saturated carbocycles. The Morgan fingerprint density at radius 1 is 1.14 bits per heavy atom. The lowest BCUT2D eigenvalue weighted by Crippen LogP contribution is -2.61. The zero-order valence-corrected chi connectivity index (χ0v) is 25.4. The Hall–Kier alpha value is -4.52. The average molecular weight is 624 g/mol. The van der Waals surface area contributed by atoms with Crippen LogP contribution in [0.25, 0.3) is 0 Å². The third kappa shape index (κ3) is 8.99. The topological polar surface area (TPSA) is 142 Å². The van der Waals surface area contributed by atoms with Crippen molar-refractivity contribution in [1.29, 1.82) is 0 Å². The zero-order valence-electron chi connectivity index (χ0n) is 24.6. The van der Waals surface area contributed by atoms with Crippen LogP contribution in [0.1, 0.15) is 30.2 Å². The average Bonchev–Trinajstić information content (AvgIpc) is 3.54. The summed E-state index contributed by atoms with van der Waals surface area (Å²) in [5.74, 6) is -1.58. The number of hydrogen-bond donors (Lipinski definition) is 1. The van der Waals surface area contributed by atoms with E-state index in [1.165, 1.54) is 26.8 Å². The van der Waals surface area contributed by atoms with E-state index in [-0.39, 0.29) is 62.8 Å². The number of nitro groups is 1. The van der Waals surface area contributed by atoms with Crippen LogP contribution in [-0.4, -0.2) is 94.7 Å². The van der Waals surface area contributed by atoms with E-state index < -0.39 is 22.8 Å². The normalized spacial score (nSPS) is 17.8. The second kappa shape index (κ2) is 15.8. The summed E-state index contributed by atoms with van der Waals surface area (Å²) in [4.78, 5) is 69.4. The molecule has 0 radical (unpaired) electrons. The molecular formula is C31H37N5O7S. The van der Waals surface area contributed by atoms with Crippen LogP contribution in [0.4, 0.5) is 5.69 Å². The second-order valence-electron chi connectivity index (χ2n) is 10.5. The SMILES string of the molecule is CCOC(=O)CN(CCc1ccc([N+](=O)[O-])cc1)C(=O)CC1C(=O)N(CCC2C=CC=CN2)CC(=O)N1CCc1cccs1. The number of nitrogens with zero attached hydrogens (tertiary/aromatic N) is 4. The number of benzene rings is 1. The lowest BCUT2D eigenvalue weighted by atomic mass is 10.0. The number of thiophene rings is 1. The van der Waals surface area contributed by atoms with Crippen LogP contribution in [0.15, 0.2) is 66.2 Å². The van der Waals surface area contributed by atoms with Crippen molar-refractivity contribution >= 4 is 40.7 Å². The fraction of sp³-hybridized carbons (Fsp3) is 0.419. The van der Waals surface area contributed by atoms with Crippen LogP contribution < -0.4 is 5.32 Å². The molecule has 44 heavy (non-hydrogen) atoms. The van der Waals surface area contributed by atoms with Gasteiger partial charge in [-0.2, -0.15) is 0 Å². The molecule has 1 aromatic heterocycles. The predicted octanol–water partition coefficient (Wildman–Crippen LogP) is 2.69. The van der Waals surface area contributed by atoms with Gasteiger partial charge < -0.3 is 24.8 Å². The summed E-state index contributed by atoms with van der Waals surface area (Å²) < 4.78 is 5.09. The van der Waals surface area contributed by atoms with Gasteiger partial charge >= 0.3 is 5.97 Å². The Morgan fingerprint density at radius 2 is 1.93 bits per heavy atom. The third-order valence-corrected chi connectivity index (χ3v) is 8.47. The smallest absolute Gasteiger partial charge is 0.325 e. The van der Waals surface area contributed by atoms with Gasteiger partial charge in [0.2, 0.25) is 17.7 Å². The standard InChI is InChI=1S/C31H37N5O7S/c1-2-43-30(39)22-33(16-12-23-8-10-25(11-9-23)36(41)42)28(37)20-27-31(40)34(17-13-24-6-3-4-15-32-24)21-29(38)35(27)18-14-26-7-5-19-44-26/h3-11,15,19,24,27,32H,2,12-14,16-18,20-22H2,1H3. The minimum Gasteiger partial charge on any atom is -0.465 e. The number of allylic oxidation sites excluding steroid dienone is 2. The molecule has 234 valence electrons. The first kappa shape index (κ1) is 32.4. The molecule has 13 heteroatoms. The van der Waals surface area contributed by atoms with Crippen LogP contribution in [0, 0.1) is 10.1 Å². The van der Waals surface area contributed by atoms with Crippen molar-refractivity contribution in [2.45, 2.75) is 44.7 Å². The molecule has 1 aromatic carbocycles. The highest BCUT2D eigenvalue weighted by Crippen LogP contribution is 2.21. The fourth-order valence-corrected chi connectivity index (χ4v) is 5.86. The molecule has 2 unspecified atom stereocenters.